The lowest BCUT2D eigenvalue weighted by molar-refractivity contribution is 0.153. The van der Waals surface area contributed by atoms with Crippen LogP contribution in [0.15, 0.2) is 24.3 Å². The Kier molecular flexibility index (Phi) is 4.96. The molecule has 5 nitrogen and oxygen atoms in total. The summed E-state index contributed by atoms with van der Waals surface area (Å²) >= 11 is 0. The first-order valence-electron chi connectivity index (χ1n) is 5.08. The molecule has 6 heteroatoms. The van der Waals surface area contributed by atoms with Gasteiger partial charge in [-0.2, -0.15) is 5.48 Å². The van der Waals surface area contributed by atoms with Gasteiger partial charge in [0.1, 0.15) is 5.75 Å². The maximum absolute atomic E-state index is 12.3. The molecule has 0 amide bonds. The van der Waals surface area contributed by atoms with Crippen LogP contribution in [0, 0.1) is 0 Å². The third kappa shape index (κ3) is 3.32. The number of phenolic OH excluding ortho intramolecular Hbond substituents is 1. The van der Waals surface area contributed by atoms with E-state index in [0.29, 0.717) is 11.8 Å². The highest BCUT2D eigenvalue weighted by Gasteiger charge is 2.27. The number of hydroxylamine groups is 1. The Labute approximate surface area is 94.9 Å². The van der Waals surface area contributed by atoms with E-state index in [2.05, 4.69) is 5.48 Å². The summed E-state index contributed by atoms with van der Waals surface area (Å²) < 4.78 is 22.5. The predicted octanol–water partition coefficient (Wildman–Crippen LogP) is 1.79. The molecule has 1 unspecified atom stereocenters. The van der Waals surface area contributed by atoms with Gasteiger partial charge in [0.25, 0.3) is 0 Å². The van der Waals surface area contributed by atoms with Gasteiger partial charge in [0.15, 0.2) is 0 Å². The van der Waals surface area contributed by atoms with E-state index in [1.807, 2.05) is 6.92 Å². The molecule has 0 spiro atoms. The quantitative estimate of drug-likeness (QED) is 0.590. The van der Waals surface area contributed by atoms with Crippen molar-refractivity contribution in [1.29, 1.82) is 0 Å². The van der Waals surface area contributed by atoms with Gasteiger partial charge in [-0.05, 0) is 31.2 Å². The molecule has 2 N–H and O–H groups in total. The second kappa shape index (κ2) is 6.01. The van der Waals surface area contributed by atoms with Crippen LogP contribution in [0.1, 0.15) is 13.8 Å². The van der Waals surface area contributed by atoms with E-state index < -0.39 is 7.60 Å². The van der Waals surface area contributed by atoms with Crippen LogP contribution in [-0.2, 0) is 13.7 Å². The first-order valence-corrected chi connectivity index (χ1v) is 6.62. The highest BCUT2D eigenvalue weighted by atomic mass is 31.2. The molecule has 0 bridgehead atoms. The van der Waals surface area contributed by atoms with Crippen molar-refractivity contribution in [2.24, 2.45) is 0 Å². The lowest BCUT2D eigenvalue weighted by Gasteiger charge is -2.17. The SMILES string of the molecule is CCNOP(=O)(OCC)c1ccc(O)cc1. The highest BCUT2D eigenvalue weighted by molar-refractivity contribution is 7.62. The van der Waals surface area contributed by atoms with E-state index in [0.717, 1.165) is 0 Å². The molecule has 1 atom stereocenters. The minimum absolute atomic E-state index is 0.107. The topological polar surface area (TPSA) is 67.8 Å². The zero-order valence-electron chi connectivity index (χ0n) is 9.34. The van der Waals surface area contributed by atoms with Crippen LogP contribution in [0.25, 0.3) is 0 Å². The Morgan fingerprint density at radius 1 is 1.31 bits per heavy atom. The van der Waals surface area contributed by atoms with Gasteiger partial charge >= 0.3 is 7.60 Å². The molecule has 1 aromatic carbocycles. The predicted molar refractivity (Wildman–Crippen MR) is 61.7 cm³/mol. The lowest BCUT2D eigenvalue weighted by Crippen LogP contribution is -2.19. The van der Waals surface area contributed by atoms with E-state index in [9.17, 15) is 4.57 Å². The van der Waals surface area contributed by atoms with Gasteiger partial charge in [0, 0.05) is 6.54 Å². The molecule has 0 aliphatic heterocycles. The van der Waals surface area contributed by atoms with Crippen LogP contribution >= 0.6 is 7.60 Å². The molecule has 0 saturated heterocycles. The van der Waals surface area contributed by atoms with Crippen molar-refractivity contribution in [3.05, 3.63) is 24.3 Å². The molecule has 0 aromatic heterocycles. The van der Waals surface area contributed by atoms with Crippen LogP contribution < -0.4 is 10.8 Å². The fourth-order valence-electron chi connectivity index (χ4n) is 1.11. The van der Waals surface area contributed by atoms with E-state index >= 15 is 0 Å². The fraction of sp³-hybridized carbons (Fsp3) is 0.400. The summed E-state index contributed by atoms with van der Waals surface area (Å²) in [6.07, 6.45) is 0. The van der Waals surface area contributed by atoms with Crippen LogP contribution in [0.5, 0.6) is 5.75 Å². The molecule has 1 aromatic rings. The highest BCUT2D eigenvalue weighted by Crippen LogP contribution is 2.45. The third-order valence-electron chi connectivity index (χ3n) is 1.79. The van der Waals surface area contributed by atoms with Gasteiger partial charge in [-0.3, -0.25) is 4.57 Å². The van der Waals surface area contributed by atoms with Crippen molar-refractivity contribution >= 4 is 12.9 Å². The summed E-state index contributed by atoms with van der Waals surface area (Å²) in [5, 5.41) is 9.55. The molecule has 0 fully saturated rings. The molecule has 0 heterocycles. The zero-order valence-corrected chi connectivity index (χ0v) is 10.2. The Hall–Kier alpha value is -0.870. The van der Waals surface area contributed by atoms with Crippen LogP contribution in [-0.4, -0.2) is 18.3 Å². The molecule has 90 valence electrons. The van der Waals surface area contributed by atoms with Gasteiger partial charge in [0.2, 0.25) is 0 Å². The minimum Gasteiger partial charge on any atom is -0.508 e. The molecule has 0 aliphatic carbocycles. The molecule has 0 aliphatic rings. The number of hydrogen-bond acceptors (Lipinski definition) is 5. The summed E-state index contributed by atoms with van der Waals surface area (Å²) in [6, 6.07) is 5.92. The van der Waals surface area contributed by atoms with Crippen molar-refractivity contribution in [3.8, 4) is 5.75 Å². The molecule has 0 saturated carbocycles. The number of nitrogens with one attached hydrogen (secondary N) is 1. The van der Waals surface area contributed by atoms with Crippen molar-refractivity contribution in [3.63, 3.8) is 0 Å². The molecule has 1 rings (SSSR count). The number of rotatable bonds is 6. The summed E-state index contributed by atoms with van der Waals surface area (Å²) in [4.78, 5) is 0. The van der Waals surface area contributed by atoms with Gasteiger partial charge in [-0.25, -0.2) is 4.62 Å². The maximum Gasteiger partial charge on any atom is 0.377 e. The van der Waals surface area contributed by atoms with Crippen LogP contribution in [0.2, 0.25) is 0 Å². The maximum atomic E-state index is 12.3. The van der Waals surface area contributed by atoms with E-state index in [-0.39, 0.29) is 12.4 Å². The van der Waals surface area contributed by atoms with Gasteiger partial charge in [-0.15, -0.1) is 0 Å². The monoisotopic (exact) mass is 245 g/mol. The second-order valence-corrected chi connectivity index (χ2v) is 4.97. The van der Waals surface area contributed by atoms with Crippen molar-refractivity contribution < 1.29 is 18.8 Å². The van der Waals surface area contributed by atoms with E-state index in [1.54, 1.807) is 6.92 Å². The number of phenols is 1. The van der Waals surface area contributed by atoms with E-state index in [4.69, 9.17) is 14.3 Å². The molecular formula is C10H16NO4P. The average molecular weight is 245 g/mol. The standard InChI is InChI=1S/C10H16NO4P/c1-3-11-15-16(13,14-4-2)10-7-5-9(12)6-8-10/h5-8,11-12H,3-4H2,1-2H3. The van der Waals surface area contributed by atoms with Gasteiger partial charge in [-0.1, -0.05) is 6.92 Å². The molecular weight excluding hydrogens is 229 g/mol. The van der Waals surface area contributed by atoms with Crippen LogP contribution in [0.4, 0.5) is 0 Å². The molecule has 16 heavy (non-hydrogen) atoms. The normalized spacial score (nSPS) is 14.6. The Morgan fingerprint density at radius 3 is 2.44 bits per heavy atom. The number of hydrogen-bond donors (Lipinski definition) is 2. The lowest BCUT2D eigenvalue weighted by atomic mass is 10.3. The number of aromatic hydroxyl groups is 1. The summed E-state index contributed by atoms with van der Waals surface area (Å²) in [5.74, 6) is 0.107. The Morgan fingerprint density at radius 2 is 1.94 bits per heavy atom. The van der Waals surface area contributed by atoms with Crippen LogP contribution in [0.3, 0.4) is 0 Å². The smallest absolute Gasteiger partial charge is 0.377 e. The van der Waals surface area contributed by atoms with E-state index in [1.165, 1.54) is 24.3 Å². The summed E-state index contributed by atoms with van der Waals surface area (Å²) in [6.45, 7) is 4.37. The zero-order chi connectivity index (χ0) is 12.0. The molecule has 0 radical (unpaired) electrons. The van der Waals surface area contributed by atoms with Gasteiger partial charge < -0.3 is 9.63 Å². The summed E-state index contributed by atoms with van der Waals surface area (Å²) in [5.41, 5.74) is 2.54. The minimum atomic E-state index is -3.33. The first kappa shape index (κ1) is 13.2. The largest absolute Gasteiger partial charge is 0.508 e. The Bertz CT molecular complexity index is 366. The second-order valence-electron chi connectivity index (χ2n) is 3.02. The van der Waals surface area contributed by atoms with Crippen molar-refractivity contribution in [2.45, 2.75) is 13.8 Å². The van der Waals surface area contributed by atoms with Gasteiger partial charge in [0.05, 0.1) is 11.9 Å². The summed E-state index contributed by atoms with van der Waals surface area (Å²) in [7, 11) is -3.33. The third-order valence-corrected chi connectivity index (χ3v) is 3.69. The average Bonchev–Trinajstić information content (AvgIpc) is 2.27. The first-order chi connectivity index (χ1) is 7.62. The fourth-order valence-corrected chi connectivity index (χ4v) is 2.57. The number of benzene rings is 1. The van der Waals surface area contributed by atoms with Crippen molar-refractivity contribution in [2.75, 3.05) is 13.2 Å². The van der Waals surface area contributed by atoms with Crippen molar-refractivity contribution in [1.82, 2.24) is 5.48 Å². The Balaban J connectivity index is 2.91.